The van der Waals surface area contributed by atoms with E-state index in [0.29, 0.717) is 13.1 Å². The number of aliphatic hydroxyl groups excluding tert-OH is 2. The Labute approximate surface area is 90.8 Å². The van der Waals surface area contributed by atoms with Crippen LogP contribution in [0.2, 0.25) is 0 Å². The van der Waals surface area contributed by atoms with Crippen molar-refractivity contribution in [2.45, 2.75) is 39.3 Å². The number of nitrogens with zero attached hydrogens (tertiary/aromatic N) is 2. The van der Waals surface area contributed by atoms with Gasteiger partial charge in [-0.2, -0.15) is 0 Å². The SMILES string of the molecule is CCCCc1c[n+](CCO)cn1CCO. The lowest BCUT2D eigenvalue weighted by atomic mass is 10.2. The van der Waals surface area contributed by atoms with Crippen molar-refractivity contribution in [3.63, 3.8) is 0 Å². The standard InChI is InChI=1S/C11H21N2O2/c1-2-3-4-11-9-12(5-7-14)10-13(11)6-8-15/h9-10,14-15H,2-8H2,1H3/q+1. The Hall–Kier alpha value is -0.870. The van der Waals surface area contributed by atoms with Gasteiger partial charge in [0.15, 0.2) is 0 Å². The Morgan fingerprint density at radius 1 is 1.33 bits per heavy atom. The summed E-state index contributed by atoms with van der Waals surface area (Å²) in [5.74, 6) is 0. The number of rotatable bonds is 7. The number of hydrogen-bond donors (Lipinski definition) is 2. The average Bonchev–Trinajstić information content (AvgIpc) is 2.59. The fourth-order valence-corrected chi connectivity index (χ4v) is 1.66. The van der Waals surface area contributed by atoms with Gasteiger partial charge in [-0.1, -0.05) is 13.3 Å². The summed E-state index contributed by atoms with van der Waals surface area (Å²) in [6.45, 7) is 3.74. The van der Waals surface area contributed by atoms with Crippen molar-refractivity contribution in [3.05, 3.63) is 18.2 Å². The van der Waals surface area contributed by atoms with Crippen molar-refractivity contribution in [1.29, 1.82) is 0 Å². The van der Waals surface area contributed by atoms with Gasteiger partial charge in [0.1, 0.15) is 25.0 Å². The van der Waals surface area contributed by atoms with E-state index in [0.717, 1.165) is 12.8 Å². The fraction of sp³-hybridized carbons (Fsp3) is 0.727. The van der Waals surface area contributed by atoms with E-state index in [2.05, 4.69) is 17.7 Å². The summed E-state index contributed by atoms with van der Waals surface area (Å²) >= 11 is 0. The van der Waals surface area contributed by atoms with Crippen molar-refractivity contribution in [3.8, 4) is 0 Å². The topological polar surface area (TPSA) is 49.3 Å². The predicted octanol–water partition coefficient (Wildman–Crippen LogP) is 0.103. The quantitative estimate of drug-likeness (QED) is 0.631. The van der Waals surface area contributed by atoms with Crippen LogP contribution >= 0.6 is 0 Å². The molecule has 0 amide bonds. The maximum atomic E-state index is 8.93. The smallest absolute Gasteiger partial charge is 0.244 e. The van der Waals surface area contributed by atoms with E-state index in [1.807, 2.05) is 10.9 Å². The van der Waals surface area contributed by atoms with Crippen molar-refractivity contribution in [1.82, 2.24) is 4.57 Å². The summed E-state index contributed by atoms with van der Waals surface area (Å²) in [5.41, 5.74) is 1.24. The highest BCUT2D eigenvalue weighted by atomic mass is 16.3. The summed E-state index contributed by atoms with van der Waals surface area (Å²) in [6, 6.07) is 0. The second-order valence-electron chi connectivity index (χ2n) is 3.72. The molecule has 0 saturated heterocycles. The fourth-order valence-electron chi connectivity index (χ4n) is 1.66. The maximum Gasteiger partial charge on any atom is 0.244 e. The molecule has 0 spiro atoms. The van der Waals surface area contributed by atoms with Crippen LogP contribution in [-0.2, 0) is 19.5 Å². The number of hydrogen-bond acceptors (Lipinski definition) is 2. The largest absolute Gasteiger partial charge is 0.392 e. The average molecular weight is 213 g/mol. The second-order valence-corrected chi connectivity index (χ2v) is 3.72. The van der Waals surface area contributed by atoms with E-state index >= 15 is 0 Å². The van der Waals surface area contributed by atoms with E-state index in [9.17, 15) is 0 Å². The molecule has 0 saturated carbocycles. The van der Waals surface area contributed by atoms with Crippen LogP contribution in [0.25, 0.3) is 0 Å². The highest BCUT2D eigenvalue weighted by Crippen LogP contribution is 2.03. The Morgan fingerprint density at radius 3 is 2.73 bits per heavy atom. The van der Waals surface area contributed by atoms with E-state index in [4.69, 9.17) is 10.2 Å². The van der Waals surface area contributed by atoms with Crippen LogP contribution in [0.15, 0.2) is 12.5 Å². The normalized spacial score (nSPS) is 10.9. The third-order valence-corrected chi connectivity index (χ3v) is 2.46. The van der Waals surface area contributed by atoms with Gasteiger partial charge in [-0.3, -0.25) is 0 Å². The molecule has 4 nitrogen and oxygen atoms in total. The van der Waals surface area contributed by atoms with Crippen molar-refractivity contribution in [2.75, 3.05) is 13.2 Å². The molecule has 1 aromatic heterocycles. The van der Waals surface area contributed by atoms with Crippen molar-refractivity contribution < 1.29 is 14.8 Å². The molecule has 1 heterocycles. The molecule has 0 fully saturated rings. The lowest BCUT2D eigenvalue weighted by Crippen LogP contribution is -2.33. The first kappa shape index (κ1) is 12.2. The van der Waals surface area contributed by atoms with E-state index < -0.39 is 0 Å². The molecule has 0 aromatic carbocycles. The summed E-state index contributed by atoms with van der Waals surface area (Å²) in [4.78, 5) is 0. The second kappa shape index (κ2) is 6.58. The molecule has 0 atom stereocenters. The zero-order chi connectivity index (χ0) is 11.1. The minimum atomic E-state index is 0.154. The number of imidazole rings is 1. The first-order chi connectivity index (χ1) is 7.31. The van der Waals surface area contributed by atoms with E-state index in [1.165, 1.54) is 12.1 Å². The van der Waals surface area contributed by atoms with E-state index in [-0.39, 0.29) is 13.2 Å². The summed E-state index contributed by atoms with van der Waals surface area (Å²) < 4.78 is 4.03. The molecule has 1 aromatic rings. The van der Waals surface area contributed by atoms with Gasteiger partial charge in [-0.05, 0) is 6.42 Å². The van der Waals surface area contributed by atoms with Crippen LogP contribution in [-0.4, -0.2) is 28.0 Å². The minimum absolute atomic E-state index is 0.154. The Bertz CT molecular complexity index is 284. The minimum Gasteiger partial charge on any atom is -0.392 e. The lowest BCUT2D eigenvalue weighted by Gasteiger charge is -1.97. The molecule has 4 heteroatoms. The first-order valence-corrected chi connectivity index (χ1v) is 5.61. The number of aliphatic hydroxyl groups is 2. The van der Waals surface area contributed by atoms with E-state index in [1.54, 1.807) is 0 Å². The van der Waals surface area contributed by atoms with Gasteiger partial charge in [-0.25, -0.2) is 9.13 Å². The first-order valence-electron chi connectivity index (χ1n) is 5.61. The van der Waals surface area contributed by atoms with Gasteiger partial charge in [0.25, 0.3) is 0 Å². The molecule has 15 heavy (non-hydrogen) atoms. The van der Waals surface area contributed by atoms with Crippen LogP contribution in [0.1, 0.15) is 25.5 Å². The molecule has 2 N–H and O–H groups in total. The predicted molar refractivity (Wildman–Crippen MR) is 57.4 cm³/mol. The molecule has 0 aliphatic carbocycles. The van der Waals surface area contributed by atoms with Gasteiger partial charge in [0.2, 0.25) is 6.33 Å². The van der Waals surface area contributed by atoms with Crippen LogP contribution in [0.5, 0.6) is 0 Å². The molecule has 0 aliphatic heterocycles. The molecule has 1 rings (SSSR count). The molecule has 86 valence electrons. The molecule has 0 unspecified atom stereocenters. The Balaban J connectivity index is 2.70. The third-order valence-electron chi connectivity index (χ3n) is 2.46. The highest BCUT2D eigenvalue weighted by Gasteiger charge is 2.11. The highest BCUT2D eigenvalue weighted by molar-refractivity contribution is 4.94. The van der Waals surface area contributed by atoms with Crippen LogP contribution in [0.4, 0.5) is 0 Å². The summed E-state index contributed by atoms with van der Waals surface area (Å²) in [6.07, 6.45) is 7.38. The lowest BCUT2D eigenvalue weighted by molar-refractivity contribution is -0.697. The third kappa shape index (κ3) is 3.64. The molecular weight excluding hydrogens is 192 g/mol. The Kier molecular flexibility index (Phi) is 5.36. The van der Waals surface area contributed by atoms with Crippen LogP contribution in [0, 0.1) is 0 Å². The van der Waals surface area contributed by atoms with Crippen molar-refractivity contribution in [2.24, 2.45) is 0 Å². The zero-order valence-corrected chi connectivity index (χ0v) is 9.39. The van der Waals surface area contributed by atoms with Gasteiger partial charge < -0.3 is 10.2 Å². The molecule has 0 radical (unpaired) electrons. The van der Waals surface area contributed by atoms with Crippen LogP contribution in [0.3, 0.4) is 0 Å². The van der Waals surface area contributed by atoms with Gasteiger partial charge in [0, 0.05) is 6.42 Å². The Morgan fingerprint density at radius 2 is 2.13 bits per heavy atom. The van der Waals surface area contributed by atoms with Gasteiger partial charge in [0.05, 0.1) is 13.2 Å². The van der Waals surface area contributed by atoms with Gasteiger partial charge in [-0.15, -0.1) is 0 Å². The number of aryl methyl sites for hydroxylation is 1. The summed E-state index contributed by atoms with van der Waals surface area (Å²) in [5, 5.41) is 17.8. The number of unbranched alkanes of at least 4 members (excludes halogenated alkanes) is 1. The van der Waals surface area contributed by atoms with Gasteiger partial charge >= 0.3 is 0 Å². The van der Waals surface area contributed by atoms with Crippen molar-refractivity contribution >= 4 is 0 Å². The molecule has 0 aliphatic rings. The van der Waals surface area contributed by atoms with Crippen LogP contribution < -0.4 is 4.57 Å². The molecule has 0 bridgehead atoms. The monoisotopic (exact) mass is 213 g/mol. The molecular formula is C11H21N2O2+. The zero-order valence-electron chi connectivity index (χ0n) is 9.39. The maximum absolute atomic E-state index is 8.93. The number of aromatic nitrogens is 2. The summed E-state index contributed by atoms with van der Waals surface area (Å²) in [7, 11) is 0.